The third-order valence-corrected chi connectivity index (χ3v) is 0.982. The van der Waals surface area contributed by atoms with E-state index in [1.807, 2.05) is 0 Å². The number of halogens is 1. The molecule has 0 aromatic carbocycles. The van der Waals surface area contributed by atoms with Crippen LogP contribution in [0.5, 0.6) is 0 Å². The second-order valence-electron chi connectivity index (χ2n) is 1.87. The summed E-state index contributed by atoms with van der Waals surface area (Å²) in [6, 6.07) is 0. The predicted molar refractivity (Wildman–Crippen MR) is 37.7 cm³/mol. The second kappa shape index (κ2) is 4.27. The highest BCUT2D eigenvalue weighted by molar-refractivity contribution is 5.16. The Morgan fingerprint density at radius 3 is 2.56 bits per heavy atom. The molecule has 0 bridgehead atoms. The summed E-state index contributed by atoms with van der Waals surface area (Å²) in [5, 5.41) is 0. The van der Waals surface area contributed by atoms with Crippen molar-refractivity contribution >= 4 is 0 Å². The average molecular weight is 129 g/mol. The SMILES string of the molecule is C/C=C(F)\C=C(\C)CN. The molecule has 1 nitrogen and oxygen atoms in total. The zero-order valence-electron chi connectivity index (χ0n) is 5.82. The molecule has 0 aliphatic carbocycles. The molecule has 0 spiro atoms. The first kappa shape index (κ1) is 8.37. The minimum absolute atomic E-state index is 0.224. The predicted octanol–water partition coefficient (Wildman–Crippen LogP) is 1.76. The molecule has 0 saturated heterocycles. The van der Waals surface area contributed by atoms with Gasteiger partial charge in [0, 0.05) is 6.54 Å². The van der Waals surface area contributed by atoms with Gasteiger partial charge in [-0.1, -0.05) is 11.6 Å². The Balaban J connectivity index is 3.95. The Morgan fingerprint density at radius 2 is 2.22 bits per heavy atom. The van der Waals surface area contributed by atoms with Crippen molar-refractivity contribution in [2.24, 2.45) is 5.73 Å². The molecule has 2 N–H and O–H groups in total. The largest absolute Gasteiger partial charge is 0.327 e. The van der Waals surface area contributed by atoms with Crippen LogP contribution in [0.4, 0.5) is 4.39 Å². The smallest absolute Gasteiger partial charge is 0.118 e. The molecular weight excluding hydrogens is 117 g/mol. The first-order valence-corrected chi connectivity index (χ1v) is 2.89. The third kappa shape index (κ3) is 3.91. The zero-order chi connectivity index (χ0) is 7.28. The summed E-state index contributed by atoms with van der Waals surface area (Å²) in [7, 11) is 0. The molecule has 0 amide bonds. The quantitative estimate of drug-likeness (QED) is 0.565. The van der Waals surface area contributed by atoms with E-state index in [-0.39, 0.29) is 5.83 Å². The molecule has 0 radical (unpaired) electrons. The maximum absolute atomic E-state index is 12.3. The molecular formula is C7H12FN. The Bertz CT molecular complexity index is 136. The first-order chi connectivity index (χ1) is 4.20. The van der Waals surface area contributed by atoms with E-state index in [1.165, 1.54) is 12.2 Å². The topological polar surface area (TPSA) is 26.0 Å². The van der Waals surface area contributed by atoms with Gasteiger partial charge in [-0.3, -0.25) is 0 Å². The summed E-state index contributed by atoms with van der Waals surface area (Å²) in [5.74, 6) is -0.224. The van der Waals surface area contributed by atoms with E-state index in [9.17, 15) is 4.39 Å². The monoisotopic (exact) mass is 129 g/mol. The maximum Gasteiger partial charge on any atom is 0.118 e. The van der Waals surface area contributed by atoms with Crippen molar-refractivity contribution in [3.05, 3.63) is 23.6 Å². The number of allylic oxidation sites excluding steroid dienone is 3. The second-order valence-corrected chi connectivity index (χ2v) is 1.87. The van der Waals surface area contributed by atoms with Gasteiger partial charge in [0.25, 0.3) is 0 Å². The Morgan fingerprint density at radius 1 is 1.67 bits per heavy atom. The van der Waals surface area contributed by atoms with E-state index in [1.54, 1.807) is 13.8 Å². The van der Waals surface area contributed by atoms with Gasteiger partial charge < -0.3 is 5.73 Å². The highest BCUT2D eigenvalue weighted by atomic mass is 19.1. The minimum Gasteiger partial charge on any atom is -0.327 e. The highest BCUT2D eigenvalue weighted by Gasteiger charge is 1.86. The van der Waals surface area contributed by atoms with Gasteiger partial charge in [-0.05, 0) is 19.9 Å². The van der Waals surface area contributed by atoms with E-state index in [0.29, 0.717) is 6.54 Å². The number of nitrogens with two attached hydrogens (primary N) is 1. The van der Waals surface area contributed by atoms with Crippen molar-refractivity contribution in [3.63, 3.8) is 0 Å². The zero-order valence-corrected chi connectivity index (χ0v) is 5.82. The summed E-state index contributed by atoms with van der Waals surface area (Å²) in [6.07, 6.45) is 2.83. The van der Waals surface area contributed by atoms with Crippen LogP contribution in [-0.2, 0) is 0 Å². The molecule has 0 aromatic heterocycles. The van der Waals surface area contributed by atoms with Crippen LogP contribution < -0.4 is 5.73 Å². The van der Waals surface area contributed by atoms with E-state index in [4.69, 9.17) is 5.73 Å². The average Bonchev–Trinajstić information content (AvgIpc) is 1.87. The summed E-state index contributed by atoms with van der Waals surface area (Å²) >= 11 is 0. The molecule has 0 unspecified atom stereocenters. The molecule has 0 aliphatic heterocycles. The van der Waals surface area contributed by atoms with Crippen molar-refractivity contribution in [2.75, 3.05) is 6.54 Å². The van der Waals surface area contributed by atoms with Crippen LogP contribution in [0.3, 0.4) is 0 Å². The molecule has 0 atom stereocenters. The van der Waals surface area contributed by atoms with Crippen LogP contribution in [0, 0.1) is 0 Å². The number of rotatable bonds is 2. The van der Waals surface area contributed by atoms with Gasteiger partial charge in [-0.25, -0.2) is 4.39 Å². The fraction of sp³-hybridized carbons (Fsp3) is 0.429. The van der Waals surface area contributed by atoms with Crippen LogP contribution in [-0.4, -0.2) is 6.54 Å². The summed E-state index contributed by atoms with van der Waals surface area (Å²) in [4.78, 5) is 0. The Labute approximate surface area is 55.1 Å². The number of hydrogen-bond acceptors (Lipinski definition) is 1. The maximum atomic E-state index is 12.3. The molecule has 9 heavy (non-hydrogen) atoms. The van der Waals surface area contributed by atoms with Crippen LogP contribution in [0.1, 0.15) is 13.8 Å². The molecule has 0 aromatic rings. The van der Waals surface area contributed by atoms with Crippen molar-refractivity contribution in [1.82, 2.24) is 0 Å². The van der Waals surface area contributed by atoms with Crippen LogP contribution >= 0.6 is 0 Å². The van der Waals surface area contributed by atoms with E-state index < -0.39 is 0 Å². The molecule has 0 heterocycles. The van der Waals surface area contributed by atoms with Gasteiger partial charge in [-0.2, -0.15) is 0 Å². The fourth-order valence-corrected chi connectivity index (χ4v) is 0.378. The lowest BCUT2D eigenvalue weighted by Gasteiger charge is -1.91. The molecule has 0 saturated carbocycles. The summed E-state index contributed by atoms with van der Waals surface area (Å²) < 4.78 is 12.3. The lowest BCUT2D eigenvalue weighted by atomic mass is 10.2. The van der Waals surface area contributed by atoms with Crippen molar-refractivity contribution in [1.29, 1.82) is 0 Å². The standard InChI is InChI=1S/C7H12FN/c1-3-7(8)4-6(2)5-9/h3-4H,5,9H2,1-2H3/b6-4-,7-3+. The summed E-state index contributed by atoms with van der Waals surface area (Å²) in [5.41, 5.74) is 6.07. The van der Waals surface area contributed by atoms with E-state index in [2.05, 4.69) is 0 Å². The van der Waals surface area contributed by atoms with Crippen LogP contribution in [0.2, 0.25) is 0 Å². The van der Waals surface area contributed by atoms with Gasteiger partial charge in [0.05, 0.1) is 0 Å². The Hall–Kier alpha value is -0.630. The molecule has 2 heteroatoms. The number of hydrogen-bond donors (Lipinski definition) is 1. The molecule has 0 rings (SSSR count). The lowest BCUT2D eigenvalue weighted by Crippen LogP contribution is -1.99. The van der Waals surface area contributed by atoms with Gasteiger partial charge in [0.1, 0.15) is 5.83 Å². The van der Waals surface area contributed by atoms with E-state index >= 15 is 0 Å². The molecule has 0 aliphatic rings. The van der Waals surface area contributed by atoms with Gasteiger partial charge in [0.2, 0.25) is 0 Å². The van der Waals surface area contributed by atoms with Gasteiger partial charge in [-0.15, -0.1) is 0 Å². The minimum atomic E-state index is -0.224. The lowest BCUT2D eigenvalue weighted by molar-refractivity contribution is 0.662. The molecule has 52 valence electrons. The van der Waals surface area contributed by atoms with Crippen molar-refractivity contribution in [3.8, 4) is 0 Å². The normalized spacial score (nSPS) is 14.2. The Kier molecular flexibility index (Phi) is 3.97. The van der Waals surface area contributed by atoms with Gasteiger partial charge in [0.15, 0.2) is 0 Å². The van der Waals surface area contributed by atoms with Gasteiger partial charge >= 0.3 is 0 Å². The van der Waals surface area contributed by atoms with E-state index in [0.717, 1.165) is 5.57 Å². The first-order valence-electron chi connectivity index (χ1n) is 2.89. The van der Waals surface area contributed by atoms with Crippen molar-refractivity contribution in [2.45, 2.75) is 13.8 Å². The third-order valence-electron chi connectivity index (χ3n) is 0.982. The van der Waals surface area contributed by atoms with Crippen LogP contribution in [0.25, 0.3) is 0 Å². The fourth-order valence-electron chi connectivity index (χ4n) is 0.378. The van der Waals surface area contributed by atoms with Crippen molar-refractivity contribution < 1.29 is 4.39 Å². The van der Waals surface area contributed by atoms with Crippen LogP contribution in [0.15, 0.2) is 23.6 Å². The highest BCUT2D eigenvalue weighted by Crippen LogP contribution is 2.01. The summed E-state index contributed by atoms with van der Waals surface area (Å²) in [6.45, 7) is 3.86. The molecule has 0 fully saturated rings.